The quantitative estimate of drug-likeness (QED) is 0.922. The van der Waals surface area contributed by atoms with Gasteiger partial charge in [0, 0.05) is 12.1 Å². The molecular formula is C16H15NO2S. The smallest absolute Gasteiger partial charge is 0.262 e. The van der Waals surface area contributed by atoms with Gasteiger partial charge in [0.1, 0.15) is 0 Å². The molecule has 0 spiro atoms. The minimum absolute atomic E-state index is 0.347. The van der Waals surface area contributed by atoms with E-state index in [1.54, 1.807) is 6.07 Å². The van der Waals surface area contributed by atoms with Crippen LogP contribution in [0.15, 0.2) is 59.1 Å². The fourth-order valence-electron chi connectivity index (χ4n) is 2.37. The van der Waals surface area contributed by atoms with Crippen molar-refractivity contribution >= 4 is 16.1 Å². The van der Waals surface area contributed by atoms with Gasteiger partial charge in [-0.25, -0.2) is 8.42 Å². The Kier molecular flexibility index (Phi) is 3.10. The second-order valence-electron chi connectivity index (χ2n) is 4.98. The third-order valence-corrected chi connectivity index (χ3v) is 4.77. The topological polar surface area (TPSA) is 46.2 Å². The van der Waals surface area contributed by atoms with Crippen LogP contribution in [-0.2, 0) is 16.4 Å². The number of aryl methyl sites for hydroxylation is 1. The molecule has 0 atom stereocenters. The molecule has 0 saturated heterocycles. The van der Waals surface area contributed by atoms with Crippen LogP contribution in [0.1, 0.15) is 16.7 Å². The van der Waals surface area contributed by atoms with E-state index < -0.39 is 10.0 Å². The molecule has 102 valence electrons. The first-order valence-corrected chi connectivity index (χ1v) is 7.91. The van der Waals surface area contributed by atoms with Gasteiger partial charge in [0.2, 0.25) is 0 Å². The van der Waals surface area contributed by atoms with Gasteiger partial charge in [-0.2, -0.15) is 0 Å². The lowest BCUT2D eigenvalue weighted by atomic mass is 10.1. The summed E-state index contributed by atoms with van der Waals surface area (Å²) in [5, 5.41) is 0. The minimum Gasteiger partial charge on any atom is -0.283 e. The molecule has 0 aromatic heterocycles. The van der Waals surface area contributed by atoms with E-state index in [0.29, 0.717) is 17.0 Å². The maximum Gasteiger partial charge on any atom is 0.262 e. The van der Waals surface area contributed by atoms with E-state index in [1.807, 2.05) is 55.5 Å². The highest BCUT2D eigenvalue weighted by Crippen LogP contribution is 2.26. The van der Waals surface area contributed by atoms with E-state index in [-0.39, 0.29) is 0 Å². The van der Waals surface area contributed by atoms with Gasteiger partial charge in [-0.15, -0.1) is 0 Å². The van der Waals surface area contributed by atoms with Crippen LogP contribution >= 0.6 is 0 Å². The second kappa shape index (κ2) is 4.80. The van der Waals surface area contributed by atoms with Crippen LogP contribution in [0.4, 0.5) is 0 Å². The Morgan fingerprint density at radius 1 is 1.05 bits per heavy atom. The molecule has 20 heavy (non-hydrogen) atoms. The van der Waals surface area contributed by atoms with E-state index in [9.17, 15) is 8.42 Å². The van der Waals surface area contributed by atoms with Gasteiger partial charge in [0.15, 0.2) is 0 Å². The van der Waals surface area contributed by atoms with Gasteiger partial charge in [0.05, 0.1) is 4.90 Å². The Labute approximate surface area is 119 Å². The molecule has 1 N–H and O–H groups in total. The van der Waals surface area contributed by atoms with Crippen LogP contribution in [-0.4, -0.2) is 8.42 Å². The van der Waals surface area contributed by atoms with Crippen molar-refractivity contribution < 1.29 is 8.42 Å². The van der Waals surface area contributed by atoms with Crippen LogP contribution in [0.3, 0.4) is 0 Å². The van der Waals surface area contributed by atoms with Crippen molar-refractivity contribution in [1.82, 2.24) is 4.72 Å². The fraction of sp³-hybridized carbons (Fsp3) is 0.125. The van der Waals surface area contributed by atoms with Crippen LogP contribution < -0.4 is 4.72 Å². The van der Waals surface area contributed by atoms with Crippen molar-refractivity contribution in [3.63, 3.8) is 0 Å². The van der Waals surface area contributed by atoms with Crippen LogP contribution in [0.25, 0.3) is 6.08 Å². The number of allylic oxidation sites excluding steroid dienone is 1. The number of sulfonamides is 1. The predicted molar refractivity (Wildman–Crippen MR) is 79.6 cm³/mol. The summed E-state index contributed by atoms with van der Waals surface area (Å²) in [6, 6.07) is 15.2. The Hall–Kier alpha value is -2.07. The molecule has 0 saturated carbocycles. The third-order valence-electron chi connectivity index (χ3n) is 3.29. The Morgan fingerprint density at radius 2 is 1.80 bits per heavy atom. The molecule has 1 aliphatic rings. The normalized spacial score (nSPS) is 15.9. The minimum atomic E-state index is -3.45. The van der Waals surface area contributed by atoms with Crippen molar-refractivity contribution in [2.75, 3.05) is 0 Å². The summed E-state index contributed by atoms with van der Waals surface area (Å²) in [7, 11) is -3.45. The highest BCUT2D eigenvalue weighted by Gasteiger charge is 2.23. The number of fused-ring (bicyclic) bond motifs is 1. The zero-order valence-corrected chi connectivity index (χ0v) is 11.9. The first-order chi connectivity index (χ1) is 9.54. The van der Waals surface area contributed by atoms with E-state index >= 15 is 0 Å². The predicted octanol–water partition coefficient (Wildman–Crippen LogP) is 2.87. The molecule has 0 amide bonds. The maximum atomic E-state index is 12.2. The van der Waals surface area contributed by atoms with Gasteiger partial charge in [0.25, 0.3) is 10.0 Å². The van der Waals surface area contributed by atoms with Gasteiger partial charge in [-0.05, 0) is 30.2 Å². The molecule has 1 heterocycles. The van der Waals surface area contributed by atoms with E-state index in [0.717, 1.165) is 16.7 Å². The highest BCUT2D eigenvalue weighted by molar-refractivity contribution is 7.89. The molecule has 0 aliphatic carbocycles. The first kappa shape index (κ1) is 12.9. The van der Waals surface area contributed by atoms with E-state index in [4.69, 9.17) is 0 Å². The zero-order chi connectivity index (χ0) is 14.2. The summed E-state index contributed by atoms with van der Waals surface area (Å²) < 4.78 is 27.1. The maximum absolute atomic E-state index is 12.2. The SMILES string of the molecule is Cc1ccc2c(c1)C=C(Cc1ccccc1)NS2(=O)=O. The Bertz CT molecular complexity index is 777. The Morgan fingerprint density at radius 3 is 2.55 bits per heavy atom. The summed E-state index contributed by atoms with van der Waals surface area (Å²) in [6.07, 6.45) is 2.49. The molecule has 2 aromatic carbocycles. The Balaban J connectivity index is 2.02. The molecule has 4 heteroatoms. The van der Waals surface area contributed by atoms with Crippen molar-refractivity contribution in [2.45, 2.75) is 18.2 Å². The summed E-state index contributed by atoms with van der Waals surface area (Å²) in [4.78, 5) is 0.347. The van der Waals surface area contributed by atoms with Crippen LogP contribution in [0, 0.1) is 6.92 Å². The van der Waals surface area contributed by atoms with Crippen LogP contribution in [0.2, 0.25) is 0 Å². The molecule has 3 rings (SSSR count). The molecule has 0 bridgehead atoms. The molecule has 0 fully saturated rings. The summed E-state index contributed by atoms with van der Waals surface area (Å²) in [5.41, 5.74) is 3.60. The van der Waals surface area contributed by atoms with E-state index in [2.05, 4.69) is 4.72 Å². The van der Waals surface area contributed by atoms with Gasteiger partial charge < -0.3 is 0 Å². The number of hydrogen-bond acceptors (Lipinski definition) is 2. The van der Waals surface area contributed by atoms with Gasteiger partial charge >= 0.3 is 0 Å². The molecule has 0 radical (unpaired) electrons. The standard InChI is InChI=1S/C16H15NO2S/c1-12-7-8-16-14(9-12)11-15(17-20(16,18)19)10-13-5-3-2-4-6-13/h2-9,11,17H,10H2,1H3. The summed E-state index contributed by atoms with van der Waals surface area (Å²) in [5.74, 6) is 0. The second-order valence-corrected chi connectivity index (χ2v) is 6.63. The third kappa shape index (κ3) is 2.47. The van der Waals surface area contributed by atoms with Gasteiger partial charge in [-0.3, -0.25) is 4.72 Å². The van der Waals surface area contributed by atoms with Crippen molar-refractivity contribution in [1.29, 1.82) is 0 Å². The molecular weight excluding hydrogens is 270 g/mol. The van der Waals surface area contributed by atoms with Crippen LogP contribution in [0.5, 0.6) is 0 Å². The molecule has 0 unspecified atom stereocenters. The number of nitrogens with one attached hydrogen (secondary N) is 1. The molecule has 1 aliphatic heterocycles. The largest absolute Gasteiger partial charge is 0.283 e. The fourth-order valence-corrected chi connectivity index (χ4v) is 3.63. The van der Waals surface area contributed by atoms with Crippen molar-refractivity contribution in [3.05, 3.63) is 70.9 Å². The lowest BCUT2D eigenvalue weighted by Crippen LogP contribution is -2.28. The highest BCUT2D eigenvalue weighted by atomic mass is 32.2. The average molecular weight is 285 g/mol. The lowest BCUT2D eigenvalue weighted by molar-refractivity contribution is 0.586. The number of benzene rings is 2. The molecule has 3 nitrogen and oxygen atoms in total. The first-order valence-electron chi connectivity index (χ1n) is 6.42. The molecule has 2 aromatic rings. The van der Waals surface area contributed by atoms with Crippen molar-refractivity contribution in [3.8, 4) is 0 Å². The number of hydrogen-bond donors (Lipinski definition) is 1. The van der Waals surface area contributed by atoms with Crippen molar-refractivity contribution in [2.24, 2.45) is 0 Å². The summed E-state index contributed by atoms with van der Waals surface area (Å²) in [6.45, 7) is 1.96. The monoisotopic (exact) mass is 285 g/mol. The average Bonchev–Trinajstić information content (AvgIpc) is 2.38. The number of rotatable bonds is 2. The lowest BCUT2D eigenvalue weighted by Gasteiger charge is -2.19. The van der Waals surface area contributed by atoms with E-state index in [1.165, 1.54) is 0 Å². The van der Waals surface area contributed by atoms with Gasteiger partial charge in [-0.1, -0.05) is 48.0 Å². The zero-order valence-electron chi connectivity index (χ0n) is 11.1. The summed E-state index contributed by atoms with van der Waals surface area (Å²) >= 11 is 0.